The Morgan fingerprint density at radius 2 is 1.68 bits per heavy atom. The number of rotatable bonds is 1. The summed E-state index contributed by atoms with van der Waals surface area (Å²) in [6.07, 6.45) is 6.60. The van der Waals surface area contributed by atoms with Crippen molar-refractivity contribution in [2.45, 2.75) is 44.6 Å². The van der Waals surface area contributed by atoms with Gasteiger partial charge in [0.2, 0.25) is 0 Å². The Balaban J connectivity index is 1.73. The Morgan fingerprint density at radius 1 is 1.16 bits per heavy atom. The number of nitrogens with zero attached hydrogens (tertiary/aromatic N) is 2. The molecular weight excluding hydrogens is 238 g/mol. The van der Waals surface area contributed by atoms with Crippen molar-refractivity contribution in [1.82, 2.24) is 5.01 Å². The van der Waals surface area contributed by atoms with Gasteiger partial charge >= 0.3 is 0 Å². The Hall–Kier alpha value is -0.900. The van der Waals surface area contributed by atoms with Gasteiger partial charge in [0.05, 0.1) is 5.71 Å². The van der Waals surface area contributed by atoms with Gasteiger partial charge in [-0.3, -0.25) is 4.79 Å². The minimum Gasteiger partial charge on any atom is -0.312 e. The molecule has 5 aliphatic rings. The molecule has 0 aromatic rings. The fraction of sp³-hybridized carbons (Fsp3) is 0.867. The zero-order chi connectivity index (χ0) is 13.4. The average molecular weight is 261 g/mol. The number of carbonyl (C=O) groups excluding carboxylic acids is 1. The second-order valence-corrected chi connectivity index (χ2v) is 7.34. The lowest BCUT2D eigenvalue weighted by molar-refractivity contribution is -0.139. The van der Waals surface area contributed by atoms with Crippen LogP contribution >= 0.6 is 0 Å². The topological polar surface area (TPSA) is 58.7 Å². The SMILES string of the molecule is CC1=NN(C)C(=O)C1(N)C1C2CC3CC(C2)CC1C3. The van der Waals surface area contributed by atoms with Crippen LogP contribution in [0.15, 0.2) is 5.10 Å². The Bertz CT molecular complexity index is 444. The molecule has 4 nitrogen and oxygen atoms in total. The summed E-state index contributed by atoms with van der Waals surface area (Å²) in [5.74, 6) is 3.48. The molecule has 104 valence electrons. The van der Waals surface area contributed by atoms with Gasteiger partial charge in [0.1, 0.15) is 5.54 Å². The van der Waals surface area contributed by atoms with Crippen molar-refractivity contribution in [3.8, 4) is 0 Å². The number of carbonyl (C=O) groups is 1. The third-order valence-electron chi connectivity index (χ3n) is 6.30. The van der Waals surface area contributed by atoms with Crippen molar-refractivity contribution in [2.24, 2.45) is 40.4 Å². The summed E-state index contributed by atoms with van der Waals surface area (Å²) in [5, 5.41) is 5.79. The van der Waals surface area contributed by atoms with E-state index in [1.807, 2.05) is 6.92 Å². The first-order valence-corrected chi connectivity index (χ1v) is 7.63. The highest BCUT2D eigenvalue weighted by Gasteiger charge is 2.60. The first kappa shape index (κ1) is 11.9. The van der Waals surface area contributed by atoms with Crippen LogP contribution in [0.5, 0.6) is 0 Å². The number of hydrogen-bond donors (Lipinski definition) is 1. The van der Waals surface area contributed by atoms with Crippen molar-refractivity contribution in [3.05, 3.63) is 0 Å². The first-order chi connectivity index (χ1) is 9.00. The quantitative estimate of drug-likeness (QED) is 0.779. The largest absolute Gasteiger partial charge is 0.312 e. The fourth-order valence-corrected chi connectivity index (χ4v) is 5.83. The molecule has 4 aliphatic carbocycles. The van der Waals surface area contributed by atoms with Crippen LogP contribution in [0.2, 0.25) is 0 Å². The van der Waals surface area contributed by atoms with E-state index in [0.717, 1.165) is 17.5 Å². The maximum Gasteiger partial charge on any atom is 0.268 e. The molecule has 0 aromatic heterocycles. The number of hydrazone groups is 1. The fourth-order valence-electron chi connectivity index (χ4n) is 5.83. The average Bonchev–Trinajstić information content (AvgIpc) is 2.53. The first-order valence-electron chi connectivity index (χ1n) is 7.63. The lowest BCUT2D eigenvalue weighted by Gasteiger charge is -2.57. The van der Waals surface area contributed by atoms with Crippen LogP contribution in [0, 0.1) is 29.6 Å². The van der Waals surface area contributed by atoms with Crippen LogP contribution < -0.4 is 5.73 Å². The molecular formula is C15H23N3O. The Labute approximate surface area is 114 Å². The Morgan fingerprint density at radius 3 is 2.11 bits per heavy atom. The maximum atomic E-state index is 12.5. The van der Waals surface area contributed by atoms with E-state index < -0.39 is 5.54 Å². The molecule has 1 aliphatic heterocycles. The molecule has 1 unspecified atom stereocenters. The van der Waals surface area contributed by atoms with Crippen molar-refractivity contribution < 1.29 is 4.79 Å². The van der Waals surface area contributed by atoms with Gasteiger partial charge in [0, 0.05) is 7.05 Å². The summed E-state index contributed by atoms with van der Waals surface area (Å²) in [6.45, 7) is 1.94. The minimum absolute atomic E-state index is 0.0162. The second kappa shape index (κ2) is 3.60. The Kier molecular flexibility index (Phi) is 2.25. The molecule has 4 bridgehead atoms. The number of nitrogens with two attached hydrogens (primary N) is 1. The highest BCUT2D eigenvalue weighted by Crippen LogP contribution is 2.59. The van der Waals surface area contributed by atoms with Gasteiger partial charge in [-0.2, -0.15) is 5.10 Å². The highest BCUT2D eigenvalue weighted by molar-refractivity contribution is 6.15. The predicted molar refractivity (Wildman–Crippen MR) is 73.3 cm³/mol. The van der Waals surface area contributed by atoms with E-state index in [9.17, 15) is 4.79 Å². The summed E-state index contributed by atoms with van der Waals surface area (Å²) in [4.78, 5) is 12.5. The predicted octanol–water partition coefficient (Wildman–Crippen LogP) is 1.60. The van der Waals surface area contributed by atoms with Crippen LogP contribution in [0.3, 0.4) is 0 Å². The van der Waals surface area contributed by atoms with E-state index in [2.05, 4.69) is 5.10 Å². The third kappa shape index (κ3) is 1.38. The van der Waals surface area contributed by atoms with Gasteiger partial charge in [0.15, 0.2) is 0 Å². The zero-order valence-electron chi connectivity index (χ0n) is 11.8. The maximum absolute atomic E-state index is 12.5. The molecule has 1 amide bonds. The molecule has 0 radical (unpaired) electrons. The van der Waals surface area contributed by atoms with E-state index in [-0.39, 0.29) is 5.91 Å². The van der Waals surface area contributed by atoms with Gasteiger partial charge in [-0.15, -0.1) is 0 Å². The number of amides is 1. The van der Waals surface area contributed by atoms with Gasteiger partial charge < -0.3 is 5.73 Å². The second-order valence-electron chi connectivity index (χ2n) is 7.34. The molecule has 1 atom stereocenters. The number of hydrogen-bond acceptors (Lipinski definition) is 3. The highest BCUT2D eigenvalue weighted by atomic mass is 16.2. The summed E-state index contributed by atoms with van der Waals surface area (Å²) in [7, 11) is 1.73. The van der Waals surface area contributed by atoms with Crippen LogP contribution in [-0.2, 0) is 4.79 Å². The summed E-state index contributed by atoms with van der Waals surface area (Å²) in [6, 6.07) is 0. The minimum atomic E-state index is -0.808. The lowest BCUT2D eigenvalue weighted by Crippen LogP contribution is -2.65. The van der Waals surface area contributed by atoms with E-state index in [1.54, 1.807) is 7.05 Å². The van der Waals surface area contributed by atoms with Crippen molar-refractivity contribution in [1.29, 1.82) is 0 Å². The molecule has 2 N–H and O–H groups in total. The summed E-state index contributed by atoms with van der Waals surface area (Å²) >= 11 is 0. The van der Waals surface area contributed by atoms with Crippen LogP contribution in [-0.4, -0.2) is 29.2 Å². The van der Waals surface area contributed by atoms with E-state index in [4.69, 9.17) is 5.73 Å². The normalized spacial score (nSPS) is 51.9. The molecule has 19 heavy (non-hydrogen) atoms. The molecule has 1 heterocycles. The molecule has 4 fully saturated rings. The zero-order valence-corrected chi connectivity index (χ0v) is 11.8. The van der Waals surface area contributed by atoms with Gasteiger partial charge in [-0.05, 0) is 68.6 Å². The molecule has 4 heteroatoms. The third-order valence-corrected chi connectivity index (χ3v) is 6.30. The lowest BCUT2D eigenvalue weighted by atomic mass is 9.48. The van der Waals surface area contributed by atoms with Crippen LogP contribution in [0.1, 0.15) is 39.0 Å². The van der Waals surface area contributed by atoms with E-state index >= 15 is 0 Å². The monoisotopic (exact) mass is 261 g/mol. The molecule has 0 spiro atoms. The van der Waals surface area contributed by atoms with Crippen LogP contribution in [0.4, 0.5) is 0 Å². The molecule has 0 saturated heterocycles. The molecule has 4 saturated carbocycles. The van der Waals surface area contributed by atoms with E-state index in [0.29, 0.717) is 17.8 Å². The summed E-state index contributed by atoms with van der Waals surface area (Å²) < 4.78 is 0. The van der Waals surface area contributed by atoms with Crippen molar-refractivity contribution in [2.75, 3.05) is 7.05 Å². The van der Waals surface area contributed by atoms with Gasteiger partial charge in [-0.25, -0.2) is 5.01 Å². The smallest absolute Gasteiger partial charge is 0.268 e. The van der Waals surface area contributed by atoms with Gasteiger partial charge in [0.25, 0.3) is 5.91 Å². The standard InChI is InChI=1S/C15H23N3O/c1-8-15(16,14(19)18(2)17-8)13-11-4-9-3-10(6-11)7-12(13)5-9/h9-13H,3-7,16H2,1-2H3. The van der Waals surface area contributed by atoms with Crippen LogP contribution in [0.25, 0.3) is 0 Å². The molecule has 0 aromatic carbocycles. The van der Waals surface area contributed by atoms with E-state index in [1.165, 1.54) is 37.1 Å². The summed E-state index contributed by atoms with van der Waals surface area (Å²) in [5.41, 5.74) is 6.66. The number of likely N-dealkylation sites (N-methyl/N-ethyl adjacent to an activating group) is 1. The molecule has 5 rings (SSSR count). The van der Waals surface area contributed by atoms with Crippen molar-refractivity contribution >= 4 is 11.6 Å². The van der Waals surface area contributed by atoms with Crippen molar-refractivity contribution in [3.63, 3.8) is 0 Å². The van der Waals surface area contributed by atoms with Gasteiger partial charge in [-0.1, -0.05) is 0 Å².